The molecule has 1 aliphatic heterocycles. The van der Waals surface area contributed by atoms with E-state index in [1.807, 2.05) is 21.9 Å². The van der Waals surface area contributed by atoms with Crippen molar-refractivity contribution in [1.82, 2.24) is 24.4 Å². The van der Waals surface area contributed by atoms with Crippen LogP contribution in [-0.4, -0.2) is 61.9 Å². The molecule has 0 aromatic carbocycles. The zero-order valence-corrected chi connectivity index (χ0v) is 17.9. The lowest BCUT2D eigenvalue weighted by Crippen LogP contribution is -2.50. The molecule has 3 aromatic heterocycles. The molecule has 30 heavy (non-hydrogen) atoms. The molecule has 2 atom stereocenters. The Hall–Kier alpha value is -2.23. The van der Waals surface area contributed by atoms with Crippen LogP contribution in [0.15, 0.2) is 22.3 Å². The molecule has 2 fully saturated rings. The average Bonchev–Trinajstić information content (AvgIpc) is 3.32. The Balaban J connectivity index is 1.37. The summed E-state index contributed by atoms with van der Waals surface area (Å²) in [5.41, 5.74) is 0.375. The second kappa shape index (κ2) is 7.79. The first kappa shape index (κ1) is 19.7. The second-order valence-corrected chi connectivity index (χ2v) is 9.55. The van der Waals surface area contributed by atoms with Crippen LogP contribution in [0.3, 0.4) is 0 Å². The van der Waals surface area contributed by atoms with E-state index in [-0.39, 0.29) is 30.2 Å². The van der Waals surface area contributed by atoms with E-state index in [9.17, 15) is 14.7 Å². The van der Waals surface area contributed by atoms with Crippen LogP contribution in [0.1, 0.15) is 44.3 Å². The summed E-state index contributed by atoms with van der Waals surface area (Å²) in [6.45, 7) is 3.98. The Labute approximate surface area is 178 Å². The molecule has 2 aliphatic rings. The molecular formula is C21H27N5O3S. The highest BCUT2D eigenvalue weighted by atomic mass is 32.1. The van der Waals surface area contributed by atoms with Gasteiger partial charge in [-0.2, -0.15) is 5.10 Å². The minimum atomic E-state index is -0.383. The summed E-state index contributed by atoms with van der Waals surface area (Å²) >= 11 is 1.61. The summed E-state index contributed by atoms with van der Waals surface area (Å²) in [7, 11) is 0. The normalized spacial score (nSPS) is 21.3. The summed E-state index contributed by atoms with van der Waals surface area (Å²) in [6.07, 6.45) is 3.64. The van der Waals surface area contributed by atoms with Crippen molar-refractivity contribution in [3.8, 4) is 0 Å². The maximum atomic E-state index is 13.1. The van der Waals surface area contributed by atoms with Gasteiger partial charge in [0.05, 0.1) is 6.10 Å². The molecule has 1 amide bonds. The average molecular weight is 430 g/mol. The second-order valence-electron chi connectivity index (χ2n) is 8.66. The molecule has 0 bridgehead atoms. The SMILES string of the molecule is C[C@H](O)CN1CCC[C@@H](NC(=O)Cn2nc(C3CC3)n3c(cc4ccsc43)c2=O)C1. The van der Waals surface area contributed by atoms with E-state index in [4.69, 9.17) is 0 Å². The van der Waals surface area contributed by atoms with E-state index in [1.165, 1.54) is 4.68 Å². The molecule has 1 saturated carbocycles. The maximum absolute atomic E-state index is 13.1. The Morgan fingerprint density at radius 3 is 3.00 bits per heavy atom. The predicted molar refractivity (Wildman–Crippen MR) is 116 cm³/mol. The van der Waals surface area contributed by atoms with E-state index >= 15 is 0 Å². The number of β-amino-alcohol motifs (C(OH)–C–C–N with tert-alkyl or cyclic N) is 1. The molecule has 0 spiro atoms. The third-order valence-corrected chi connectivity index (χ3v) is 6.86. The number of carbonyl (C=O) groups is 1. The molecule has 0 radical (unpaired) electrons. The molecule has 1 aliphatic carbocycles. The van der Waals surface area contributed by atoms with E-state index in [2.05, 4.69) is 15.3 Å². The largest absolute Gasteiger partial charge is 0.392 e. The summed E-state index contributed by atoms with van der Waals surface area (Å²) < 4.78 is 3.32. The van der Waals surface area contributed by atoms with Gasteiger partial charge in [0.15, 0.2) is 0 Å². The molecule has 0 unspecified atom stereocenters. The molecule has 4 heterocycles. The van der Waals surface area contributed by atoms with Gasteiger partial charge < -0.3 is 10.4 Å². The standard InChI is InChI=1S/C21H27N5O3S/c1-13(27)10-24-7-2-3-16(11-24)22-18(28)12-25-20(29)17-9-15-6-8-30-21(15)26(17)19(23-25)14-4-5-14/h6,8-9,13-14,16,27H,2-5,7,10-12H2,1H3,(H,22,28)/t13-,16+/m0/s1. The van der Waals surface area contributed by atoms with Gasteiger partial charge in [-0.25, -0.2) is 4.68 Å². The molecule has 9 heteroatoms. The van der Waals surface area contributed by atoms with Crippen LogP contribution in [0.25, 0.3) is 15.7 Å². The third-order valence-electron chi connectivity index (χ3n) is 5.95. The zero-order valence-electron chi connectivity index (χ0n) is 17.1. The molecule has 3 aromatic rings. The van der Waals surface area contributed by atoms with E-state index in [0.717, 1.165) is 54.8 Å². The number of amides is 1. The Morgan fingerprint density at radius 1 is 1.40 bits per heavy atom. The molecule has 1 saturated heterocycles. The van der Waals surface area contributed by atoms with Crippen molar-refractivity contribution in [1.29, 1.82) is 0 Å². The first-order valence-electron chi connectivity index (χ1n) is 10.7. The number of aromatic nitrogens is 3. The fourth-order valence-corrected chi connectivity index (χ4v) is 5.39. The number of likely N-dealkylation sites (tertiary alicyclic amines) is 1. The smallest absolute Gasteiger partial charge is 0.291 e. The van der Waals surface area contributed by atoms with Crippen LogP contribution in [0, 0.1) is 0 Å². The fraction of sp³-hybridized carbons (Fsp3) is 0.571. The van der Waals surface area contributed by atoms with Crippen molar-refractivity contribution in [3.63, 3.8) is 0 Å². The van der Waals surface area contributed by atoms with Crippen LogP contribution in [0.2, 0.25) is 0 Å². The highest BCUT2D eigenvalue weighted by molar-refractivity contribution is 7.16. The number of hydrogen-bond donors (Lipinski definition) is 2. The van der Waals surface area contributed by atoms with Crippen LogP contribution < -0.4 is 10.9 Å². The minimum Gasteiger partial charge on any atom is -0.392 e. The van der Waals surface area contributed by atoms with Crippen molar-refractivity contribution in [2.75, 3.05) is 19.6 Å². The lowest BCUT2D eigenvalue weighted by atomic mass is 10.1. The number of nitrogens with zero attached hydrogens (tertiary/aromatic N) is 4. The summed E-state index contributed by atoms with van der Waals surface area (Å²) in [5.74, 6) is 1.05. The monoisotopic (exact) mass is 429 g/mol. The Morgan fingerprint density at radius 2 is 2.23 bits per heavy atom. The van der Waals surface area contributed by atoms with Crippen molar-refractivity contribution < 1.29 is 9.90 Å². The van der Waals surface area contributed by atoms with Gasteiger partial charge in [0.25, 0.3) is 5.56 Å². The van der Waals surface area contributed by atoms with Crippen molar-refractivity contribution in [2.24, 2.45) is 0 Å². The summed E-state index contributed by atoms with van der Waals surface area (Å²) in [6, 6.07) is 3.96. The van der Waals surface area contributed by atoms with E-state index in [0.29, 0.717) is 18.0 Å². The van der Waals surface area contributed by atoms with Gasteiger partial charge in [0.1, 0.15) is 22.7 Å². The molecular weight excluding hydrogens is 402 g/mol. The van der Waals surface area contributed by atoms with Crippen LogP contribution in [0.4, 0.5) is 0 Å². The van der Waals surface area contributed by atoms with Gasteiger partial charge in [-0.05, 0) is 56.7 Å². The van der Waals surface area contributed by atoms with Gasteiger partial charge in [-0.3, -0.25) is 18.9 Å². The lowest BCUT2D eigenvalue weighted by Gasteiger charge is -2.33. The summed E-state index contributed by atoms with van der Waals surface area (Å²) in [4.78, 5) is 29.0. The van der Waals surface area contributed by atoms with Crippen LogP contribution in [0.5, 0.6) is 0 Å². The highest BCUT2D eigenvalue weighted by Gasteiger charge is 2.30. The Bertz CT molecular complexity index is 1140. The quantitative estimate of drug-likeness (QED) is 0.620. The highest BCUT2D eigenvalue weighted by Crippen LogP contribution is 2.40. The predicted octanol–water partition coefficient (Wildman–Crippen LogP) is 1.55. The molecule has 2 N–H and O–H groups in total. The van der Waals surface area contributed by atoms with Gasteiger partial charge >= 0.3 is 0 Å². The number of fused-ring (bicyclic) bond motifs is 3. The minimum absolute atomic E-state index is 0.0333. The van der Waals surface area contributed by atoms with Crippen LogP contribution >= 0.6 is 11.3 Å². The number of aliphatic hydroxyl groups excluding tert-OH is 1. The van der Waals surface area contributed by atoms with Crippen LogP contribution in [-0.2, 0) is 11.3 Å². The van der Waals surface area contributed by atoms with E-state index in [1.54, 1.807) is 18.3 Å². The first-order valence-corrected chi connectivity index (χ1v) is 11.6. The van der Waals surface area contributed by atoms with Gasteiger partial charge in [0.2, 0.25) is 5.91 Å². The first-order chi connectivity index (χ1) is 14.5. The molecule has 5 rings (SSSR count). The van der Waals surface area contributed by atoms with Gasteiger partial charge in [-0.1, -0.05) is 0 Å². The topological polar surface area (TPSA) is 91.9 Å². The number of piperidine rings is 1. The number of hydrogen-bond acceptors (Lipinski definition) is 6. The number of rotatable bonds is 6. The fourth-order valence-electron chi connectivity index (χ4n) is 4.49. The number of aliphatic hydroxyl groups is 1. The lowest BCUT2D eigenvalue weighted by molar-refractivity contribution is -0.123. The number of carbonyl (C=O) groups excluding carboxylic acids is 1. The number of nitrogens with one attached hydrogen (secondary N) is 1. The van der Waals surface area contributed by atoms with E-state index < -0.39 is 0 Å². The van der Waals surface area contributed by atoms with Crippen molar-refractivity contribution in [2.45, 2.75) is 57.2 Å². The van der Waals surface area contributed by atoms with Gasteiger partial charge in [-0.15, -0.1) is 11.3 Å². The third kappa shape index (κ3) is 3.77. The Kier molecular flexibility index (Phi) is 5.12. The zero-order chi connectivity index (χ0) is 20.8. The molecule has 8 nitrogen and oxygen atoms in total. The van der Waals surface area contributed by atoms with Crippen molar-refractivity contribution in [3.05, 3.63) is 33.7 Å². The maximum Gasteiger partial charge on any atom is 0.291 e. The number of thiophene rings is 1. The molecule has 160 valence electrons. The van der Waals surface area contributed by atoms with Gasteiger partial charge in [0, 0.05) is 30.4 Å². The van der Waals surface area contributed by atoms with Crippen molar-refractivity contribution >= 4 is 33.0 Å². The summed E-state index contributed by atoms with van der Waals surface area (Å²) in [5, 5.41) is 20.4.